The highest BCUT2D eigenvalue weighted by atomic mass is 16.2. The molecule has 1 rings (SSSR count). The first-order valence-corrected chi connectivity index (χ1v) is 8.23. The van der Waals surface area contributed by atoms with Gasteiger partial charge in [0.1, 0.15) is 0 Å². The maximum Gasteiger partial charge on any atom is 0.223 e. The molecule has 3 N–H and O–H groups in total. The number of piperidine rings is 1. The van der Waals surface area contributed by atoms with E-state index in [0.29, 0.717) is 38.5 Å². The molecule has 1 heterocycles. The van der Waals surface area contributed by atoms with Crippen LogP contribution in [0.2, 0.25) is 0 Å². The minimum Gasteiger partial charge on any atom is -0.356 e. The first-order valence-electron chi connectivity index (χ1n) is 8.23. The Morgan fingerprint density at radius 2 is 1.90 bits per heavy atom. The molecule has 1 fully saturated rings. The molecule has 1 atom stereocenters. The second-order valence-electron chi connectivity index (χ2n) is 6.49. The van der Waals surface area contributed by atoms with Crippen molar-refractivity contribution in [2.24, 2.45) is 23.5 Å². The Kier molecular flexibility index (Phi) is 7.72. The van der Waals surface area contributed by atoms with E-state index >= 15 is 0 Å². The van der Waals surface area contributed by atoms with E-state index in [9.17, 15) is 9.59 Å². The van der Waals surface area contributed by atoms with Crippen LogP contribution in [0.25, 0.3) is 0 Å². The monoisotopic (exact) mass is 297 g/mol. The lowest BCUT2D eigenvalue weighted by Gasteiger charge is -2.32. The lowest BCUT2D eigenvalue weighted by Crippen LogP contribution is -2.43. The lowest BCUT2D eigenvalue weighted by molar-refractivity contribution is -0.136. The largest absolute Gasteiger partial charge is 0.356 e. The fraction of sp³-hybridized carbons (Fsp3) is 0.875. The van der Waals surface area contributed by atoms with Gasteiger partial charge in [-0.05, 0) is 44.6 Å². The summed E-state index contributed by atoms with van der Waals surface area (Å²) in [7, 11) is 0. The normalized spacial score (nSPS) is 17.9. The van der Waals surface area contributed by atoms with Crippen molar-refractivity contribution in [2.75, 3.05) is 26.2 Å². The van der Waals surface area contributed by atoms with Gasteiger partial charge in [-0.25, -0.2) is 0 Å². The van der Waals surface area contributed by atoms with Crippen LogP contribution in [0, 0.1) is 17.8 Å². The molecule has 0 unspecified atom stereocenters. The van der Waals surface area contributed by atoms with Crippen molar-refractivity contribution in [3.05, 3.63) is 0 Å². The molecule has 1 aliphatic rings. The number of nitrogens with zero attached hydrogens (tertiary/aromatic N) is 1. The van der Waals surface area contributed by atoms with Crippen molar-refractivity contribution < 1.29 is 9.59 Å². The van der Waals surface area contributed by atoms with E-state index in [1.165, 1.54) is 0 Å². The van der Waals surface area contributed by atoms with Gasteiger partial charge in [0.25, 0.3) is 0 Å². The summed E-state index contributed by atoms with van der Waals surface area (Å²) in [5.41, 5.74) is 5.77. The molecule has 1 aliphatic heterocycles. The smallest absolute Gasteiger partial charge is 0.223 e. The van der Waals surface area contributed by atoms with E-state index in [1.54, 1.807) is 0 Å². The molecule has 0 aromatic heterocycles. The fourth-order valence-corrected chi connectivity index (χ4v) is 3.02. The molecule has 0 aliphatic carbocycles. The average molecular weight is 297 g/mol. The molecule has 0 bridgehead atoms. The zero-order valence-corrected chi connectivity index (χ0v) is 13.7. The van der Waals surface area contributed by atoms with Gasteiger partial charge in [0.15, 0.2) is 0 Å². The molecule has 0 spiro atoms. The Bertz CT molecular complexity index is 336. The number of hydrogen-bond acceptors (Lipinski definition) is 3. The first kappa shape index (κ1) is 18.0. The number of rotatable bonds is 7. The second kappa shape index (κ2) is 9.03. The van der Waals surface area contributed by atoms with Crippen LogP contribution < -0.4 is 11.1 Å². The molecule has 0 aromatic rings. The summed E-state index contributed by atoms with van der Waals surface area (Å²) in [6.07, 6.45) is 3.09. The van der Waals surface area contributed by atoms with Crippen LogP contribution in [0.5, 0.6) is 0 Å². The van der Waals surface area contributed by atoms with E-state index in [-0.39, 0.29) is 23.7 Å². The third-order valence-electron chi connectivity index (χ3n) is 4.17. The zero-order chi connectivity index (χ0) is 15.8. The van der Waals surface area contributed by atoms with Crippen molar-refractivity contribution in [1.82, 2.24) is 10.2 Å². The van der Waals surface area contributed by atoms with Crippen LogP contribution in [0.3, 0.4) is 0 Å². The van der Waals surface area contributed by atoms with Crippen LogP contribution in [0.1, 0.15) is 46.5 Å². The summed E-state index contributed by atoms with van der Waals surface area (Å²) in [4.78, 5) is 26.0. The third-order valence-corrected chi connectivity index (χ3v) is 4.17. The van der Waals surface area contributed by atoms with Gasteiger partial charge < -0.3 is 16.0 Å². The van der Waals surface area contributed by atoms with Crippen LogP contribution in [-0.2, 0) is 9.59 Å². The lowest BCUT2D eigenvalue weighted by atomic mass is 9.92. The van der Waals surface area contributed by atoms with E-state index < -0.39 is 0 Å². The topological polar surface area (TPSA) is 75.4 Å². The van der Waals surface area contributed by atoms with Gasteiger partial charge >= 0.3 is 0 Å². The average Bonchev–Trinajstić information content (AvgIpc) is 2.46. The Morgan fingerprint density at radius 1 is 1.29 bits per heavy atom. The van der Waals surface area contributed by atoms with Gasteiger partial charge in [0, 0.05) is 32.0 Å². The molecule has 0 saturated carbocycles. The number of likely N-dealkylation sites (tertiary alicyclic amines) is 1. The van der Waals surface area contributed by atoms with Gasteiger partial charge in [0.2, 0.25) is 11.8 Å². The Morgan fingerprint density at radius 3 is 2.38 bits per heavy atom. The van der Waals surface area contributed by atoms with Crippen LogP contribution in [0.15, 0.2) is 0 Å². The summed E-state index contributed by atoms with van der Waals surface area (Å²) >= 11 is 0. The van der Waals surface area contributed by atoms with Gasteiger partial charge in [-0.3, -0.25) is 9.59 Å². The number of carbonyl (C=O) groups excluding carboxylic acids is 2. The maximum absolute atomic E-state index is 12.3. The number of nitrogens with one attached hydrogen (secondary N) is 1. The molecule has 0 radical (unpaired) electrons. The maximum atomic E-state index is 12.3. The third kappa shape index (κ3) is 6.04. The molecule has 122 valence electrons. The highest BCUT2D eigenvalue weighted by Gasteiger charge is 2.27. The van der Waals surface area contributed by atoms with Crippen molar-refractivity contribution in [1.29, 1.82) is 0 Å². The summed E-state index contributed by atoms with van der Waals surface area (Å²) in [6.45, 7) is 8.87. The summed E-state index contributed by atoms with van der Waals surface area (Å²) in [6, 6.07) is 0. The number of hydrogen-bond donors (Lipinski definition) is 2. The van der Waals surface area contributed by atoms with Crippen molar-refractivity contribution in [3.8, 4) is 0 Å². The SMILES string of the molecule is CCNC(=O)C1CCN(C(=O)C[C@@H](CN)CC(C)C)CC1. The van der Waals surface area contributed by atoms with Crippen LogP contribution >= 0.6 is 0 Å². The van der Waals surface area contributed by atoms with Crippen molar-refractivity contribution in [2.45, 2.75) is 46.5 Å². The Balaban J connectivity index is 2.39. The van der Waals surface area contributed by atoms with E-state index in [0.717, 1.165) is 19.3 Å². The Labute approximate surface area is 128 Å². The zero-order valence-electron chi connectivity index (χ0n) is 13.7. The highest BCUT2D eigenvalue weighted by molar-refractivity contribution is 5.80. The fourth-order valence-electron chi connectivity index (χ4n) is 3.02. The van der Waals surface area contributed by atoms with Crippen LogP contribution in [0.4, 0.5) is 0 Å². The first-order chi connectivity index (χ1) is 9.97. The molecule has 0 aromatic carbocycles. The predicted molar refractivity (Wildman–Crippen MR) is 84.6 cm³/mol. The van der Waals surface area contributed by atoms with E-state index in [1.807, 2.05) is 11.8 Å². The molecule has 5 heteroatoms. The highest BCUT2D eigenvalue weighted by Crippen LogP contribution is 2.21. The molecule has 1 saturated heterocycles. The van der Waals surface area contributed by atoms with Crippen LogP contribution in [-0.4, -0.2) is 42.9 Å². The molecule has 5 nitrogen and oxygen atoms in total. The molecule has 2 amide bonds. The predicted octanol–water partition coefficient (Wildman–Crippen LogP) is 1.37. The molecular weight excluding hydrogens is 266 g/mol. The quantitative estimate of drug-likeness (QED) is 0.745. The second-order valence-corrected chi connectivity index (χ2v) is 6.49. The number of carbonyl (C=O) groups is 2. The van der Waals surface area contributed by atoms with Crippen molar-refractivity contribution in [3.63, 3.8) is 0 Å². The van der Waals surface area contributed by atoms with Gasteiger partial charge in [0.05, 0.1) is 0 Å². The summed E-state index contributed by atoms with van der Waals surface area (Å²) in [5.74, 6) is 1.23. The molecule has 21 heavy (non-hydrogen) atoms. The minimum atomic E-state index is 0.0648. The van der Waals surface area contributed by atoms with E-state index in [4.69, 9.17) is 5.73 Å². The van der Waals surface area contributed by atoms with Crippen molar-refractivity contribution >= 4 is 11.8 Å². The standard InChI is InChI=1S/C16H31N3O2/c1-4-18-16(21)14-5-7-19(8-6-14)15(20)10-13(11-17)9-12(2)3/h12-14H,4-11,17H2,1-3H3,(H,18,21)/t13-/m0/s1. The Hall–Kier alpha value is -1.10. The number of amides is 2. The number of nitrogens with two attached hydrogens (primary N) is 1. The minimum absolute atomic E-state index is 0.0648. The van der Waals surface area contributed by atoms with E-state index in [2.05, 4.69) is 19.2 Å². The van der Waals surface area contributed by atoms with Gasteiger partial charge in [-0.2, -0.15) is 0 Å². The summed E-state index contributed by atoms with van der Waals surface area (Å²) in [5, 5.41) is 2.86. The van der Waals surface area contributed by atoms with Gasteiger partial charge in [-0.1, -0.05) is 13.8 Å². The summed E-state index contributed by atoms with van der Waals surface area (Å²) < 4.78 is 0. The van der Waals surface area contributed by atoms with Gasteiger partial charge in [-0.15, -0.1) is 0 Å². The molecular formula is C16H31N3O2.